The lowest BCUT2D eigenvalue weighted by Gasteiger charge is -2.40. The second-order valence-corrected chi connectivity index (χ2v) is 14.4. The van der Waals surface area contributed by atoms with Gasteiger partial charge in [0.15, 0.2) is 23.1 Å². The van der Waals surface area contributed by atoms with E-state index in [4.69, 9.17) is 23.7 Å². The van der Waals surface area contributed by atoms with Gasteiger partial charge in [-0.3, -0.25) is 9.59 Å². The summed E-state index contributed by atoms with van der Waals surface area (Å²) in [5, 5.41) is 117. The molecule has 2 saturated heterocycles. The quantitative estimate of drug-likeness (QED) is 0.0688. The Balaban J connectivity index is 1.28. The topological polar surface area (TPSA) is 303 Å². The smallest absolute Gasteiger partial charge is 0.229 e. The Labute approximate surface area is 342 Å². The van der Waals surface area contributed by atoms with Gasteiger partial charge >= 0.3 is 0 Å². The maximum absolute atomic E-state index is 13.8. The first kappa shape index (κ1) is 44.0. The Morgan fingerprint density at radius 1 is 0.550 bits per heavy atom. The largest absolute Gasteiger partial charge is 0.508 e. The second kappa shape index (κ2) is 19.2. The standard InChI is InChI=1S/C42H46O18/c43-18-29-33(50)35(52)38(55)42(58-29)60-40-32(24(46)14-12-21-9-5-2-6-10-21)26(48)17-27(49)39(40)56-19-30-34(51)36(53)37(54)41(59-30)57-28-16-22(44)15-25(47)31(28)23(45)13-11-20-7-3-1-4-8-20/h1-10,15-17,29-30,33-38,41-44,47-55H,11-14,18-19H2/t29-,30-,33-,34-,35+,36+,37-,38-,41-,42+/m1/s1. The molecule has 4 aromatic rings. The molecule has 6 rings (SSSR count). The molecule has 18 nitrogen and oxygen atoms in total. The van der Waals surface area contributed by atoms with Crippen molar-refractivity contribution < 1.29 is 89.4 Å². The number of benzene rings is 4. The van der Waals surface area contributed by atoms with E-state index >= 15 is 0 Å². The molecule has 0 aliphatic carbocycles. The van der Waals surface area contributed by atoms with Gasteiger partial charge in [0, 0.05) is 31.0 Å². The average molecular weight is 839 g/mol. The Kier molecular flexibility index (Phi) is 14.1. The number of hydrogen-bond donors (Lipinski definition) is 11. The number of phenolic OH excluding ortho intramolecular Hbond substituents is 4. The average Bonchev–Trinajstić information content (AvgIpc) is 3.23. The summed E-state index contributed by atoms with van der Waals surface area (Å²) in [6, 6.07) is 20.4. The van der Waals surface area contributed by atoms with E-state index in [2.05, 4.69) is 0 Å². The normalized spacial score (nSPS) is 26.6. The molecule has 0 unspecified atom stereocenters. The molecule has 0 bridgehead atoms. The van der Waals surface area contributed by atoms with Crippen LogP contribution in [0.4, 0.5) is 0 Å². The van der Waals surface area contributed by atoms with Gasteiger partial charge in [-0.25, -0.2) is 0 Å². The minimum absolute atomic E-state index is 0.106. The van der Waals surface area contributed by atoms with Crippen molar-refractivity contribution in [3.63, 3.8) is 0 Å². The van der Waals surface area contributed by atoms with Crippen molar-refractivity contribution >= 4 is 11.6 Å². The molecule has 0 saturated carbocycles. The fourth-order valence-corrected chi connectivity index (χ4v) is 6.87. The number of ketones is 2. The van der Waals surface area contributed by atoms with Gasteiger partial charge in [-0.1, -0.05) is 60.7 Å². The van der Waals surface area contributed by atoms with Crippen LogP contribution in [0.5, 0.6) is 40.2 Å². The van der Waals surface area contributed by atoms with Crippen LogP contribution in [0, 0.1) is 0 Å². The summed E-state index contributed by atoms with van der Waals surface area (Å²) in [5.74, 6) is -6.10. The van der Waals surface area contributed by atoms with E-state index in [-0.39, 0.29) is 31.2 Å². The molecule has 0 aromatic heterocycles. The Hall–Kier alpha value is -5.54. The van der Waals surface area contributed by atoms with Gasteiger partial charge in [0.05, 0.1) is 6.61 Å². The van der Waals surface area contributed by atoms with E-state index in [0.717, 1.165) is 29.3 Å². The van der Waals surface area contributed by atoms with Gasteiger partial charge in [-0.2, -0.15) is 0 Å². The molecule has 0 radical (unpaired) electrons. The summed E-state index contributed by atoms with van der Waals surface area (Å²) in [4.78, 5) is 27.1. The monoisotopic (exact) mass is 838 g/mol. The minimum atomic E-state index is -2.02. The van der Waals surface area contributed by atoms with Crippen LogP contribution in [-0.2, 0) is 22.3 Å². The number of ether oxygens (including phenoxy) is 5. The Morgan fingerprint density at radius 3 is 1.62 bits per heavy atom. The highest BCUT2D eigenvalue weighted by atomic mass is 16.7. The van der Waals surface area contributed by atoms with Crippen LogP contribution in [0.25, 0.3) is 0 Å². The van der Waals surface area contributed by atoms with Gasteiger partial charge in [-0.15, -0.1) is 0 Å². The third-order valence-corrected chi connectivity index (χ3v) is 10.2. The third-order valence-electron chi connectivity index (χ3n) is 10.2. The van der Waals surface area contributed by atoms with Crippen LogP contribution in [0.1, 0.15) is 44.7 Å². The fraction of sp³-hybridized carbons (Fsp3) is 0.381. The van der Waals surface area contributed by atoms with Gasteiger partial charge < -0.3 is 79.9 Å². The van der Waals surface area contributed by atoms with Crippen LogP contribution in [0.2, 0.25) is 0 Å². The lowest BCUT2D eigenvalue weighted by atomic mass is 9.98. The van der Waals surface area contributed by atoms with E-state index in [1.165, 1.54) is 0 Å². The Bertz CT molecular complexity index is 2100. The van der Waals surface area contributed by atoms with Crippen molar-refractivity contribution in [2.24, 2.45) is 0 Å². The highest BCUT2D eigenvalue weighted by Crippen LogP contribution is 2.47. The van der Waals surface area contributed by atoms with Crippen molar-refractivity contribution in [2.45, 2.75) is 87.1 Å². The maximum atomic E-state index is 13.8. The predicted molar refractivity (Wildman–Crippen MR) is 205 cm³/mol. The fourth-order valence-electron chi connectivity index (χ4n) is 6.87. The maximum Gasteiger partial charge on any atom is 0.229 e. The molecule has 2 heterocycles. The van der Waals surface area contributed by atoms with Crippen LogP contribution >= 0.6 is 0 Å². The zero-order valence-electron chi connectivity index (χ0n) is 31.8. The van der Waals surface area contributed by atoms with Gasteiger partial charge in [0.25, 0.3) is 0 Å². The van der Waals surface area contributed by atoms with Gasteiger partial charge in [-0.05, 0) is 24.0 Å². The van der Waals surface area contributed by atoms with E-state index < -0.39 is 132 Å². The van der Waals surface area contributed by atoms with Crippen molar-refractivity contribution in [3.8, 4) is 40.2 Å². The van der Waals surface area contributed by atoms with E-state index in [1.54, 1.807) is 60.7 Å². The van der Waals surface area contributed by atoms with Crippen molar-refractivity contribution in [3.05, 3.63) is 101 Å². The van der Waals surface area contributed by atoms with Crippen molar-refractivity contribution in [2.75, 3.05) is 13.2 Å². The number of aromatic hydroxyl groups is 4. The number of aliphatic hydroxyl groups is 7. The van der Waals surface area contributed by atoms with Crippen LogP contribution in [0.3, 0.4) is 0 Å². The number of carbonyl (C=O) groups is 2. The summed E-state index contributed by atoms with van der Waals surface area (Å²) in [7, 11) is 0. The number of rotatable bonds is 16. The molecular formula is C42H46O18. The molecule has 2 aliphatic heterocycles. The first-order chi connectivity index (χ1) is 28.7. The van der Waals surface area contributed by atoms with Crippen molar-refractivity contribution in [1.82, 2.24) is 0 Å². The molecule has 10 atom stereocenters. The van der Waals surface area contributed by atoms with Crippen LogP contribution in [-0.4, -0.2) is 142 Å². The van der Waals surface area contributed by atoms with Crippen LogP contribution < -0.4 is 14.2 Å². The highest BCUT2D eigenvalue weighted by Gasteiger charge is 2.48. The van der Waals surface area contributed by atoms with Crippen molar-refractivity contribution in [1.29, 1.82) is 0 Å². The molecule has 4 aromatic carbocycles. The number of phenols is 4. The molecule has 0 spiro atoms. The minimum Gasteiger partial charge on any atom is -0.508 e. The number of Topliss-reactive ketones (excluding diaryl/α,β-unsaturated/α-hetero) is 2. The summed E-state index contributed by atoms with van der Waals surface area (Å²) >= 11 is 0. The molecule has 322 valence electrons. The molecule has 18 heteroatoms. The summed E-state index contributed by atoms with van der Waals surface area (Å²) in [6.45, 7) is -1.68. The summed E-state index contributed by atoms with van der Waals surface area (Å²) < 4.78 is 28.6. The summed E-state index contributed by atoms with van der Waals surface area (Å²) in [6.07, 6.45) is -18.5. The third kappa shape index (κ3) is 9.73. The first-order valence-corrected chi connectivity index (χ1v) is 18.9. The highest BCUT2D eigenvalue weighted by molar-refractivity contribution is 6.03. The van der Waals surface area contributed by atoms with Crippen LogP contribution in [0.15, 0.2) is 78.9 Å². The number of aryl methyl sites for hydroxylation is 2. The summed E-state index contributed by atoms with van der Waals surface area (Å²) in [5.41, 5.74) is 0.622. The molecule has 2 aliphatic rings. The van der Waals surface area contributed by atoms with E-state index in [9.17, 15) is 65.8 Å². The lowest BCUT2D eigenvalue weighted by Crippen LogP contribution is -2.60. The SMILES string of the molecule is O=C(CCc1ccccc1)c1c(O)cc(O)cc1O[C@@H]1O[C@H](COc2c(O)cc(O)c(C(=O)CCc3ccccc3)c2O[C@@H]2O[C@H](CO)[C@@H](O)[C@H](O)[C@H]2O)[C@@H](O)[C@H](O)[C@H]1O. The van der Waals surface area contributed by atoms with Gasteiger partial charge in [0.1, 0.15) is 89.6 Å². The van der Waals surface area contributed by atoms with Gasteiger partial charge in [0.2, 0.25) is 18.3 Å². The molecule has 2 fully saturated rings. The Morgan fingerprint density at radius 2 is 1.05 bits per heavy atom. The number of aliphatic hydroxyl groups excluding tert-OH is 7. The van der Waals surface area contributed by atoms with E-state index in [0.29, 0.717) is 0 Å². The number of hydrogen-bond acceptors (Lipinski definition) is 18. The molecule has 11 N–H and O–H groups in total. The first-order valence-electron chi connectivity index (χ1n) is 18.9. The molecule has 0 amide bonds. The lowest BCUT2D eigenvalue weighted by molar-refractivity contribution is -0.279. The second-order valence-electron chi connectivity index (χ2n) is 14.4. The molecular weight excluding hydrogens is 792 g/mol. The van der Waals surface area contributed by atoms with E-state index in [1.807, 2.05) is 0 Å². The molecule has 60 heavy (non-hydrogen) atoms. The zero-order valence-corrected chi connectivity index (χ0v) is 31.8. The zero-order chi connectivity index (χ0) is 43.2. The predicted octanol–water partition coefficient (Wildman–Crippen LogP) is 0.584. The number of carbonyl (C=O) groups excluding carboxylic acids is 2.